The Labute approximate surface area is 205 Å². The van der Waals surface area contributed by atoms with E-state index >= 15 is 0 Å². The maximum atomic E-state index is 13.8. The maximum Gasteiger partial charge on any atom is 0.417 e. The first-order valence-corrected chi connectivity index (χ1v) is 11.0. The Kier molecular flexibility index (Phi) is 6.58. The first-order chi connectivity index (χ1) is 17.1. The molecule has 36 heavy (non-hydrogen) atoms. The van der Waals surface area contributed by atoms with Crippen LogP contribution in [-0.4, -0.2) is 9.67 Å². The molecule has 182 valence electrons. The highest BCUT2D eigenvalue weighted by Crippen LogP contribution is 2.38. The van der Waals surface area contributed by atoms with Gasteiger partial charge in [-0.1, -0.05) is 42.0 Å². The van der Waals surface area contributed by atoms with Gasteiger partial charge in [-0.3, -0.25) is 4.79 Å². The summed E-state index contributed by atoms with van der Waals surface area (Å²) in [6.45, 7) is 3.64. The first-order valence-electron chi connectivity index (χ1n) is 11.0. The molecule has 0 radical (unpaired) electrons. The van der Waals surface area contributed by atoms with E-state index < -0.39 is 22.9 Å². The number of aromatic hydroxyl groups is 1. The number of rotatable bonds is 5. The van der Waals surface area contributed by atoms with Gasteiger partial charge in [0.2, 0.25) is 0 Å². The van der Waals surface area contributed by atoms with Gasteiger partial charge in [-0.2, -0.15) is 18.4 Å². The van der Waals surface area contributed by atoms with E-state index in [2.05, 4.69) is 0 Å². The monoisotopic (exact) mass is 490 g/mol. The highest BCUT2D eigenvalue weighted by atomic mass is 19.4. The van der Waals surface area contributed by atoms with Crippen molar-refractivity contribution in [2.75, 3.05) is 0 Å². The lowest BCUT2D eigenvalue weighted by atomic mass is 10.0. The minimum absolute atomic E-state index is 0.00716. The molecule has 0 saturated carbocycles. The van der Waals surface area contributed by atoms with Crippen LogP contribution in [-0.2, 0) is 12.7 Å². The Balaban J connectivity index is 1.90. The normalized spacial score (nSPS) is 11.2. The fraction of sp³-hybridized carbons (Fsp3) is 0.143. The van der Waals surface area contributed by atoms with Crippen LogP contribution >= 0.6 is 0 Å². The van der Waals surface area contributed by atoms with Gasteiger partial charge in [-0.05, 0) is 55.3 Å². The lowest BCUT2D eigenvalue weighted by Gasteiger charge is -2.19. The minimum Gasteiger partial charge on any atom is -0.507 e. The average Bonchev–Trinajstić information content (AvgIpc) is 2.82. The summed E-state index contributed by atoms with van der Waals surface area (Å²) in [5.74, 6) is 0.389. The third kappa shape index (κ3) is 4.96. The van der Waals surface area contributed by atoms with Gasteiger partial charge in [-0.15, -0.1) is 0 Å². The summed E-state index contributed by atoms with van der Waals surface area (Å²) in [4.78, 5) is 13.2. The third-order valence-corrected chi connectivity index (χ3v) is 5.77. The molecule has 0 bridgehead atoms. The van der Waals surface area contributed by atoms with Crippen LogP contribution in [0.4, 0.5) is 13.2 Å². The van der Waals surface area contributed by atoms with E-state index in [0.29, 0.717) is 11.3 Å². The number of para-hydroxylation sites is 1. The fourth-order valence-corrected chi connectivity index (χ4v) is 3.97. The van der Waals surface area contributed by atoms with Crippen LogP contribution in [0.2, 0.25) is 0 Å². The molecule has 0 spiro atoms. The number of alkyl halides is 3. The van der Waals surface area contributed by atoms with Gasteiger partial charge in [0.05, 0.1) is 17.8 Å². The molecule has 1 heterocycles. The van der Waals surface area contributed by atoms with Gasteiger partial charge in [0.1, 0.15) is 28.9 Å². The lowest BCUT2D eigenvalue weighted by molar-refractivity contribution is -0.137. The summed E-state index contributed by atoms with van der Waals surface area (Å²) in [6.07, 6.45) is -4.94. The molecule has 4 aromatic rings. The second-order valence-corrected chi connectivity index (χ2v) is 8.34. The molecule has 4 rings (SSSR count). The van der Waals surface area contributed by atoms with Gasteiger partial charge in [0.25, 0.3) is 5.56 Å². The SMILES string of the molecule is Cc1ccc(Cn2c(-c3ccc(Oc4ccccc4)cc3O)cc(C(F)(F)F)c(C#N)c2=O)c(C)c1. The van der Waals surface area contributed by atoms with Crippen molar-refractivity contribution in [1.82, 2.24) is 4.57 Å². The number of hydrogen-bond acceptors (Lipinski definition) is 4. The Morgan fingerprint density at radius 3 is 2.31 bits per heavy atom. The summed E-state index contributed by atoms with van der Waals surface area (Å²) < 4.78 is 48.2. The van der Waals surface area contributed by atoms with Crippen molar-refractivity contribution >= 4 is 0 Å². The lowest BCUT2D eigenvalue weighted by Crippen LogP contribution is -2.29. The number of phenolic OH excluding ortho intramolecular Hbond substituents is 1. The summed E-state index contributed by atoms with van der Waals surface area (Å²) >= 11 is 0. The van der Waals surface area contributed by atoms with Crippen molar-refractivity contribution in [3.05, 3.63) is 111 Å². The molecule has 0 atom stereocenters. The van der Waals surface area contributed by atoms with Crippen molar-refractivity contribution in [2.24, 2.45) is 0 Å². The largest absolute Gasteiger partial charge is 0.507 e. The third-order valence-electron chi connectivity index (χ3n) is 5.77. The molecular weight excluding hydrogens is 469 g/mol. The van der Waals surface area contributed by atoms with Gasteiger partial charge < -0.3 is 14.4 Å². The Bertz CT molecular complexity index is 1540. The Hall–Kier alpha value is -4.51. The average molecular weight is 490 g/mol. The predicted molar refractivity (Wildman–Crippen MR) is 129 cm³/mol. The van der Waals surface area contributed by atoms with Crippen LogP contribution in [0.5, 0.6) is 17.2 Å². The number of phenols is 1. The smallest absolute Gasteiger partial charge is 0.417 e. The van der Waals surface area contributed by atoms with E-state index in [1.54, 1.807) is 30.3 Å². The molecular formula is C28H21F3N2O3. The molecule has 0 aliphatic heterocycles. The van der Waals surface area contributed by atoms with Gasteiger partial charge in [-0.25, -0.2) is 0 Å². The van der Waals surface area contributed by atoms with Crippen molar-refractivity contribution in [2.45, 2.75) is 26.6 Å². The maximum absolute atomic E-state index is 13.8. The van der Waals surface area contributed by atoms with Crippen LogP contribution in [0.25, 0.3) is 11.3 Å². The highest BCUT2D eigenvalue weighted by molar-refractivity contribution is 5.70. The van der Waals surface area contributed by atoms with E-state index in [4.69, 9.17) is 4.74 Å². The Morgan fingerprint density at radius 1 is 0.972 bits per heavy atom. The molecule has 0 saturated heterocycles. The number of halogens is 3. The predicted octanol–water partition coefficient (Wildman–Crippen LogP) is 6.57. The van der Waals surface area contributed by atoms with E-state index in [-0.39, 0.29) is 29.3 Å². The minimum atomic E-state index is -4.94. The fourth-order valence-electron chi connectivity index (χ4n) is 3.97. The van der Waals surface area contributed by atoms with Crippen LogP contribution in [0.1, 0.15) is 27.8 Å². The zero-order valence-electron chi connectivity index (χ0n) is 19.4. The number of nitriles is 1. The quantitative estimate of drug-likeness (QED) is 0.343. The molecule has 3 aromatic carbocycles. The number of aryl methyl sites for hydroxylation is 2. The van der Waals surface area contributed by atoms with Crippen LogP contribution in [0, 0.1) is 25.2 Å². The second kappa shape index (κ2) is 9.62. The molecule has 5 nitrogen and oxygen atoms in total. The summed E-state index contributed by atoms with van der Waals surface area (Å²) in [6, 6.07) is 20.5. The highest BCUT2D eigenvalue weighted by Gasteiger charge is 2.37. The number of aromatic nitrogens is 1. The standard InChI is InChI=1S/C28H21F3N2O3/c1-17-8-9-19(18(2)12-17)16-33-25(14-24(28(29,30)31)23(15-32)27(33)35)22-11-10-21(13-26(22)34)36-20-6-4-3-5-7-20/h3-14,34H,16H2,1-2H3. The van der Waals surface area contributed by atoms with Crippen LogP contribution in [0.3, 0.4) is 0 Å². The molecule has 0 amide bonds. The molecule has 1 N–H and O–H groups in total. The molecule has 1 aromatic heterocycles. The van der Waals surface area contributed by atoms with Gasteiger partial charge in [0.15, 0.2) is 0 Å². The molecule has 0 unspecified atom stereocenters. The first kappa shape index (κ1) is 24.6. The summed E-state index contributed by atoms with van der Waals surface area (Å²) in [7, 11) is 0. The van der Waals surface area contributed by atoms with E-state index in [9.17, 15) is 28.3 Å². The zero-order valence-corrected chi connectivity index (χ0v) is 19.4. The summed E-state index contributed by atoms with van der Waals surface area (Å²) in [5.41, 5.74) is -1.11. The van der Waals surface area contributed by atoms with Crippen molar-refractivity contribution < 1.29 is 23.0 Å². The number of benzene rings is 3. The number of pyridine rings is 1. The Morgan fingerprint density at radius 2 is 1.69 bits per heavy atom. The molecule has 0 aliphatic rings. The molecule has 0 fully saturated rings. The zero-order chi connectivity index (χ0) is 26.0. The van der Waals surface area contributed by atoms with E-state index in [0.717, 1.165) is 21.8 Å². The van der Waals surface area contributed by atoms with E-state index in [1.807, 2.05) is 32.0 Å². The summed E-state index contributed by atoms with van der Waals surface area (Å²) in [5, 5.41) is 20.2. The van der Waals surface area contributed by atoms with Crippen molar-refractivity contribution in [1.29, 1.82) is 5.26 Å². The van der Waals surface area contributed by atoms with Crippen molar-refractivity contribution in [3.8, 4) is 34.6 Å². The van der Waals surface area contributed by atoms with Gasteiger partial charge >= 0.3 is 6.18 Å². The van der Waals surface area contributed by atoms with Crippen LogP contribution < -0.4 is 10.3 Å². The molecule has 8 heteroatoms. The second-order valence-electron chi connectivity index (χ2n) is 8.34. The van der Waals surface area contributed by atoms with Crippen LogP contribution in [0.15, 0.2) is 77.6 Å². The van der Waals surface area contributed by atoms with E-state index in [1.165, 1.54) is 24.3 Å². The number of nitrogens with zero attached hydrogens (tertiary/aromatic N) is 2. The van der Waals surface area contributed by atoms with Gasteiger partial charge in [0, 0.05) is 11.6 Å². The topological polar surface area (TPSA) is 75.2 Å². The number of hydrogen-bond donors (Lipinski definition) is 1. The number of ether oxygens (including phenoxy) is 1. The van der Waals surface area contributed by atoms with Crippen molar-refractivity contribution in [3.63, 3.8) is 0 Å². The molecule has 0 aliphatic carbocycles.